The quantitative estimate of drug-likeness (QED) is 0.913. The minimum Gasteiger partial charge on any atom is -0.355 e. The van der Waals surface area contributed by atoms with E-state index in [1.807, 2.05) is 37.4 Å². The number of aryl methyl sites for hydroxylation is 2. The number of imidazole rings is 1. The summed E-state index contributed by atoms with van der Waals surface area (Å²) in [5.41, 5.74) is 1.33. The molecule has 24 heavy (non-hydrogen) atoms. The predicted molar refractivity (Wildman–Crippen MR) is 94.5 cm³/mol. The molecule has 2 aromatic heterocycles. The van der Waals surface area contributed by atoms with Crippen LogP contribution in [0.3, 0.4) is 0 Å². The van der Waals surface area contributed by atoms with Crippen molar-refractivity contribution in [2.75, 3.05) is 25.0 Å². The lowest BCUT2D eigenvalue weighted by atomic mass is 9.74. The number of nitrogens with one attached hydrogen (secondary N) is 1. The number of rotatable bonds is 5. The van der Waals surface area contributed by atoms with Crippen molar-refractivity contribution in [3.63, 3.8) is 0 Å². The van der Waals surface area contributed by atoms with Crippen molar-refractivity contribution in [2.45, 2.75) is 25.8 Å². The van der Waals surface area contributed by atoms with Gasteiger partial charge in [-0.2, -0.15) is 5.10 Å². The van der Waals surface area contributed by atoms with Gasteiger partial charge in [-0.05, 0) is 30.6 Å². The van der Waals surface area contributed by atoms with E-state index in [1.165, 1.54) is 37.9 Å². The van der Waals surface area contributed by atoms with E-state index in [4.69, 9.17) is 0 Å². The number of hydrogen-bond acceptors (Lipinski definition) is 4. The standard InChI is InChI=1S/C18H28N6/c1-22-7-6-19-18(22)20-9-15-4-3-5-16-12-24(13-17(15)16)11-14-8-21-23(2)10-14/h6-8,10,15-17H,3-5,9,11-13H2,1-2H3,(H,19,20)/t15-,16+,17+/m0/s1. The number of aromatic nitrogens is 4. The molecule has 1 aliphatic heterocycles. The fourth-order valence-corrected chi connectivity index (χ4v) is 4.64. The second-order valence-corrected chi connectivity index (χ2v) is 7.57. The summed E-state index contributed by atoms with van der Waals surface area (Å²) in [6, 6.07) is 0. The second kappa shape index (κ2) is 6.59. The Kier molecular flexibility index (Phi) is 4.31. The van der Waals surface area contributed by atoms with Crippen molar-refractivity contribution in [1.29, 1.82) is 0 Å². The van der Waals surface area contributed by atoms with Crippen LogP contribution in [0.5, 0.6) is 0 Å². The first-order chi connectivity index (χ1) is 11.7. The first-order valence-electron chi connectivity index (χ1n) is 9.10. The summed E-state index contributed by atoms with van der Waals surface area (Å²) in [6.45, 7) is 4.57. The largest absolute Gasteiger partial charge is 0.355 e. The molecule has 6 heteroatoms. The molecule has 0 amide bonds. The lowest BCUT2D eigenvalue weighted by Gasteiger charge is -2.33. The van der Waals surface area contributed by atoms with Crippen LogP contribution in [0.25, 0.3) is 0 Å². The van der Waals surface area contributed by atoms with Gasteiger partial charge in [0.1, 0.15) is 0 Å². The van der Waals surface area contributed by atoms with Gasteiger partial charge >= 0.3 is 0 Å². The Morgan fingerprint density at radius 1 is 1.25 bits per heavy atom. The van der Waals surface area contributed by atoms with Crippen molar-refractivity contribution in [1.82, 2.24) is 24.2 Å². The molecule has 2 aliphatic rings. The normalized spacial score (nSPS) is 27.3. The lowest BCUT2D eigenvalue weighted by Crippen LogP contribution is -2.32. The molecule has 0 spiro atoms. The van der Waals surface area contributed by atoms with Gasteiger partial charge in [0.05, 0.1) is 6.20 Å². The number of hydrogen-bond donors (Lipinski definition) is 1. The molecule has 0 radical (unpaired) electrons. The van der Waals surface area contributed by atoms with Gasteiger partial charge in [0, 0.05) is 64.4 Å². The van der Waals surface area contributed by atoms with Gasteiger partial charge in [-0.15, -0.1) is 0 Å². The number of fused-ring (bicyclic) bond motifs is 1. The SMILES string of the molecule is Cn1cc(CN2C[C@H]3CCC[C@@H](CNc4nccn4C)[C@H]3C2)cn1. The topological polar surface area (TPSA) is 50.9 Å². The third-order valence-corrected chi connectivity index (χ3v) is 5.83. The summed E-state index contributed by atoms with van der Waals surface area (Å²) in [5.74, 6) is 3.44. The molecular weight excluding hydrogens is 300 g/mol. The zero-order valence-electron chi connectivity index (χ0n) is 14.7. The summed E-state index contributed by atoms with van der Waals surface area (Å²) in [5, 5.41) is 7.86. The molecule has 0 aromatic carbocycles. The molecule has 6 nitrogen and oxygen atoms in total. The van der Waals surface area contributed by atoms with Crippen molar-refractivity contribution < 1.29 is 0 Å². The van der Waals surface area contributed by atoms with Crippen molar-refractivity contribution in [2.24, 2.45) is 31.8 Å². The predicted octanol–water partition coefficient (Wildman–Crippen LogP) is 2.11. The van der Waals surface area contributed by atoms with E-state index >= 15 is 0 Å². The van der Waals surface area contributed by atoms with Gasteiger partial charge in [-0.1, -0.05) is 6.42 Å². The van der Waals surface area contributed by atoms with E-state index in [-0.39, 0.29) is 0 Å². The minimum absolute atomic E-state index is 0.763. The molecule has 2 fully saturated rings. The first-order valence-corrected chi connectivity index (χ1v) is 9.10. The molecule has 3 heterocycles. The van der Waals surface area contributed by atoms with Crippen molar-refractivity contribution in [3.05, 3.63) is 30.4 Å². The van der Waals surface area contributed by atoms with E-state index in [2.05, 4.69) is 31.1 Å². The van der Waals surface area contributed by atoms with Crippen LogP contribution in [0.1, 0.15) is 24.8 Å². The fraction of sp³-hybridized carbons (Fsp3) is 0.667. The third-order valence-electron chi connectivity index (χ3n) is 5.83. The number of likely N-dealkylation sites (tertiary alicyclic amines) is 1. The van der Waals surface area contributed by atoms with Gasteiger partial charge < -0.3 is 9.88 Å². The van der Waals surface area contributed by atoms with Gasteiger partial charge in [0.2, 0.25) is 5.95 Å². The monoisotopic (exact) mass is 328 g/mol. The highest BCUT2D eigenvalue weighted by molar-refractivity contribution is 5.25. The maximum atomic E-state index is 4.39. The fourth-order valence-electron chi connectivity index (χ4n) is 4.64. The summed E-state index contributed by atoms with van der Waals surface area (Å²) >= 11 is 0. The average molecular weight is 328 g/mol. The Morgan fingerprint density at radius 3 is 2.92 bits per heavy atom. The highest BCUT2D eigenvalue weighted by atomic mass is 15.2. The Balaban J connectivity index is 1.36. The van der Waals surface area contributed by atoms with E-state index < -0.39 is 0 Å². The molecular formula is C18H28N6. The van der Waals surface area contributed by atoms with Crippen LogP contribution in [0.15, 0.2) is 24.8 Å². The van der Waals surface area contributed by atoms with Crippen LogP contribution >= 0.6 is 0 Å². The van der Waals surface area contributed by atoms with Gasteiger partial charge in [0.25, 0.3) is 0 Å². The lowest BCUT2D eigenvalue weighted by molar-refractivity contribution is 0.207. The zero-order valence-corrected chi connectivity index (χ0v) is 14.7. The van der Waals surface area contributed by atoms with Crippen molar-refractivity contribution in [3.8, 4) is 0 Å². The summed E-state index contributed by atoms with van der Waals surface area (Å²) in [4.78, 5) is 7.02. The smallest absolute Gasteiger partial charge is 0.202 e. The summed E-state index contributed by atoms with van der Waals surface area (Å²) < 4.78 is 3.96. The van der Waals surface area contributed by atoms with E-state index in [1.54, 1.807) is 0 Å². The molecule has 0 unspecified atom stereocenters. The maximum Gasteiger partial charge on any atom is 0.202 e. The third kappa shape index (κ3) is 3.20. The van der Waals surface area contributed by atoms with Crippen LogP contribution in [-0.2, 0) is 20.6 Å². The van der Waals surface area contributed by atoms with Gasteiger partial charge in [0.15, 0.2) is 0 Å². The zero-order chi connectivity index (χ0) is 16.5. The van der Waals surface area contributed by atoms with Crippen molar-refractivity contribution >= 4 is 5.95 Å². The second-order valence-electron chi connectivity index (χ2n) is 7.57. The maximum absolute atomic E-state index is 4.39. The summed E-state index contributed by atoms with van der Waals surface area (Å²) in [7, 11) is 4.04. The average Bonchev–Trinajstić information content (AvgIpc) is 3.26. The molecule has 1 aliphatic carbocycles. The van der Waals surface area contributed by atoms with Gasteiger partial charge in [-0.3, -0.25) is 9.58 Å². The highest BCUT2D eigenvalue weighted by Crippen LogP contribution is 2.40. The molecule has 1 N–H and O–H groups in total. The van der Waals surface area contributed by atoms with Crippen LogP contribution in [-0.4, -0.2) is 43.9 Å². The molecule has 0 bridgehead atoms. The molecule has 2 aromatic rings. The Hall–Kier alpha value is -1.82. The molecule has 4 rings (SSSR count). The highest BCUT2D eigenvalue weighted by Gasteiger charge is 2.39. The van der Waals surface area contributed by atoms with Crippen LogP contribution in [0, 0.1) is 17.8 Å². The Labute approximate surface area is 143 Å². The number of anilines is 1. The molecule has 130 valence electrons. The molecule has 1 saturated carbocycles. The van der Waals surface area contributed by atoms with E-state index in [0.29, 0.717) is 0 Å². The van der Waals surface area contributed by atoms with E-state index in [9.17, 15) is 0 Å². The molecule has 1 saturated heterocycles. The first kappa shape index (κ1) is 15.7. The minimum atomic E-state index is 0.763. The van der Waals surface area contributed by atoms with E-state index in [0.717, 1.165) is 36.8 Å². The number of nitrogens with zero attached hydrogens (tertiary/aromatic N) is 5. The van der Waals surface area contributed by atoms with Gasteiger partial charge in [-0.25, -0.2) is 4.98 Å². The van der Waals surface area contributed by atoms with Crippen LogP contribution < -0.4 is 5.32 Å². The Bertz CT molecular complexity index is 675. The van der Waals surface area contributed by atoms with Crippen LogP contribution in [0.2, 0.25) is 0 Å². The Morgan fingerprint density at radius 2 is 2.17 bits per heavy atom. The summed E-state index contributed by atoms with van der Waals surface area (Å²) in [6.07, 6.45) is 12.1. The molecule has 3 atom stereocenters. The van der Waals surface area contributed by atoms with Crippen LogP contribution in [0.4, 0.5) is 5.95 Å².